The molecular formula is C13H14BrN5O. The van der Waals surface area contributed by atoms with Gasteiger partial charge in [-0.1, -0.05) is 0 Å². The average Bonchev–Trinajstić information content (AvgIpc) is 2.41. The van der Waals surface area contributed by atoms with E-state index in [4.69, 9.17) is 11.5 Å². The molecule has 104 valence electrons. The SMILES string of the molecule is CCN(c1ccnc(N)n1)c1ccc(C(N)=O)cc1Br. The molecule has 0 bridgehead atoms. The first kappa shape index (κ1) is 14.3. The Bertz CT molecular complexity index is 646. The van der Waals surface area contributed by atoms with Crippen molar-refractivity contribution in [3.8, 4) is 0 Å². The Balaban J connectivity index is 2.44. The monoisotopic (exact) mass is 335 g/mol. The highest BCUT2D eigenvalue weighted by Crippen LogP contribution is 2.31. The van der Waals surface area contributed by atoms with Gasteiger partial charge in [0, 0.05) is 22.8 Å². The van der Waals surface area contributed by atoms with Crippen LogP contribution in [-0.2, 0) is 0 Å². The number of anilines is 3. The molecule has 4 N–H and O–H groups in total. The van der Waals surface area contributed by atoms with E-state index >= 15 is 0 Å². The highest BCUT2D eigenvalue weighted by atomic mass is 79.9. The van der Waals surface area contributed by atoms with Crippen LogP contribution in [0.3, 0.4) is 0 Å². The maximum Gasteiger partial charge on any atom is 0.248 e. The van der Waals surface area contributed by atoms with E-state index in [-0.39, 0.29) is 5.95 Å². The first-order chi connectivity index (χ1) is 9.52. The number of amides is 1. The molecule has 6 nitrogen and oxygen atoms in total. The van der Waals surface area contributed by atoms with Crippen LogP contribution in [0.4, 0.5) is 17.5 Å². The summed E-state index contributed by atoms with van der Waals surface area (Å²) in [5.74, 6) is 0.435. The normalized spacial score (nSPS) is 10.3. The van der Waals surface area contributed by atoms with Crippen molar-refractivity contribution in [3.63, 3.8) is 0 Å². The molecule has 0 aliphatic carbocycles. The Morgan fingerprint density at radius 3 is 2.70 bits per heavy atom. The Morgan fingerprint density at radius 1 is 1.40 bits per heavy atom. The largest absolute Gasteiger partial charge is 0.368 e. The lowest BCUT2D eigenvalue weighted by molar-refractivity contribution is 0.100. The second-order valence-electron chi connectivity index (χ2n) is 4.05. The van der Waals surface area contributed by atoms with Crippen LogP contribution in [0, 0.1) is 0 Å². The summed E-state index contributed by atoms with van der Waals surface area (Å²) in [4.78, 5) is 21.2. The molecule has 1 amide bonds. The number of benzene rings is 1. The summed E-state index contributed by atoms with van der Waals surface area (Å²) >= 11 is 3.45. The Morgan fingerprint density at radius 2 is 2.15 bits per heavy atom. The van der Waals surface area contributed by atoms with Crippen molar-refractivity contribution in [3.05, 3.63) is 40.5 Å². The molecule has 0 saturated carbocycles. The fraction of sp³-hybridized carbons (Fsp3) is 0.154. The van der Waals surface area contributed by atoms with Crippen LogP contribution in [0.1, 0.15) is 17.3 Å². The molecule has 7 heteroatoms. The van der Waals surface area contributed by atoms with E-state index in [0.29, 0.717) is 17.9 Å². The smallest absolute Gasteiger partial charge is 0.248 e. The molecule has 0 fully saturated rings. The van der Waals surface area contributed by atoms with Gasteiger partial charge >= 0.3 is 0 Å². The van der Waals surface area contributed by atoms with E-state index < -0.39 is 5.91 Å². The lowest BCUT2D eigenvalue weighted by Crippen LogP contribution is -2.19. The van der Waals surface area contributed by atoms with Crippen molar-refractivity contribution in [2.75, 3.05) is 17.2 Å². The number of hydrogen-bond acceptors (Lipinski definition) is 5. The van der Waals surface area contributed by atoms with E-state index in [1.807, 2.05) is 17.9 Å². The average molecular weight is 336 g/mol. The minimum atomic E-state index is -0.466. The molecule has 2 aromatic rings. The molecule has 0 aliphatic heterocycles. The number of carbonyl (C=O) groups excluding carboxylic acids is 1. The number of nitrogens with zero attached hydrogens (tertiary/aromatic N) is 3. The second kappa shape index (κ2) is 5.87. The molecule has 0 spiro atoms. The fourth-order valence-corrected chi connectivity index (χ4v) is 2.44. The van der Waals surface area contributed by atoms with E-state index in [1.54, 1.807) is 24.4 Å². The van der Waals surface area contributed by atoms with Crippen LogP contribution in [0.2, 0.25) is 0 Å². The summed E-state index contributed by atoms with van der Waals surface area (Å²) in [7, 11) is 0. The topological polar surface area (TPSA) is 98.1 Å². The van der Waals surface area contributed by atoms with Crippen LogP contribution in [0.5, 0.6) is 0 Å². The molecule has 0 atom stereocenters. The van der Waals surface area contributed by atoms with Gasteiger partial charge in [0.25, 0.3) is 0 Å². The predicted octanol–water partition coefficient (Wildman–Crippen LogP) is 2.08. The molecule has 0 aliphatic rings. The molecule has 0 radical (unpaired) electrons. The minimum absolute atomic E-state index is 0.214. The molecule has 20 heavy (non-hydrogen) atoms. The third kappa shape index (κ3) is 2.88. The number of carbonyl (C=O) groups is 1. The summed E-state index contributed by atoms with van der Waals surface area (Å²) < 4.78 is 0.757. The number of nitrogens with two attached hydrogens (primary N) is 2. The van der Waals surface area contributed by atoms with Gasteiger partial charge in [-0.3, -0.25) is 4.79 Å². The van der Waals surface area contributed by atoms with Gasteiger partial charge in [-0.15, -0.1) is 0 Å². The zero-order valence-electron chi connectivity index (χ0n) is 10.9. The minimum Gasteiger partial charge on any atom is -0.368 e. The highest BCUT2D eigenvalue weighted by Gasteiger charge is 2.14. The molecule has 1 heterocycles. The van der Waals surface area contributed by atoms with Gasteiger partial charge in [0.05, 0.1) is 5.69 Å². The van der Waals surface area contributed by atoms with E-state index in [0.717, 1.165) is 10.2 Å². The quantitative estimate of drug-likeness (QED) is 0.891. The maximum absolute atomic E-state index is 11.2. The van der Waals surface area contributed by atoms with E-state index in [9.17, 15) is 4.79 Å². The van der Waals surface area contributed by atoms with Gasteiger partial charge in [-0.2, -0.15) is 4.98 Å². The Kier molecular flexibility index (Phi) is 4.19. The third-order valence-electron chi connectivity index (χ3n) is 2.78. The molecule has 1 aromatic heterocycles. The summed E-state index contributed by atoms with van der Waals surface area (Å²) in [5.41, 5.74) is 12.2. The van der Waals surface area contributed by atoms with Crippen LogP contribution in [-0.4, -0.2) is 22.4 Å². The van der Waals surface area contributed by atoms with Gasteiger partial charge < -0.3 is 16.4 Å². The van der Waals surface area contributed by atoms with Crippen molar-refractivity contribution in [2.45, 2.75) is 6.92 Å². The molecule has 0 saturated heterocycles. The maximum atomic E-state index is 11.2. The van der Waals surface area contributed by atoms with Crippen molar-refractivity contribution < 1.29 is 4.79 Å². The standard InChI is InChI=1S/C13H14BrN5O/c1-2-19(11-5-6-17-13(16)18-11)10-4-3-8(12(15)20)7-9(10)14/h3-7H,2H2,1H3,(H2,15,20)(H2,16,17,18). The summed E-state index contributed by atoms with van der Waals surface area (Å²) in [6.45, 7) is 2.68. The number of aromatic nitrogens is 2. The van der Waals surface area contributed by atoms with Crippen LogP contribution >= 0.6 is 15.9 Å². The molecular weight excluding hydrogens is 322 g/mol. The summed E-state index contributed by atoms with van der Waals surface area (Å²) in [6.07, 6.45) is 1.60. The number of primary amides is 1. The van der Waals surface area contributed by atoms with Gasteiger partial charge in [0.1, 0.15) is 5.82 Å². The van der Waals surface area contributed by atoms with Crippen LogP contribution in [0.15, 0.2) is 34.9 Å². The van der Waals surface area contributed by atoms with Crippen molar-refractivity contribution in [1.82, 2.24) is 9.97 Å². The zero-order chi connectivity index (χ0) is 14.7. The third-order valence-corrected chi connectivity index (χ3v) is 3.41. The van der Waals surface area contributed by atoms with Gasteiger partial charge in [0.15, 0.2) is 0 Å². The first-order valence-corrected chi connectivity index (χ1v) is 6.77. The molecule has 0 unspecified atom stereocenters. The molecule has 2 rings (SSSR count). The number of hydrogen-bond donors (Lipinski definition) is 2. The van der Waals surface area contributed by atoms with Crippen LogP contribution < -0.4 is 16.4 Å². The van der Waals surface area contributed by atoms with Gasteiger partial charge in [-0.25, -0.2) is 4.98 Å². The number of halogens is 1. The first-order valence-electron chi connectivity index (χ1n) is 5.98. The predicted molar refractivity (Wildman–Crippen MR) is 81.8 cm³/mol. The highest BCUT2D eigenvalue weighted by molar-refractivity contribution is 9.10. The second-order valence-corrected chi connectivity index (χ2v) is 4.90. The molecule has 1 aromatic carbocycles. The number of nitrogen functional groups attached to an aromatic ring is 1. The van der Waals surface area contributed by atoms with Gasteiger partial charge in [0.2, 0.25) is 11.9 Å². The van der Waals surface area contributed by atoms with Crippen molar-refractivity contribution in [1.29, 1.82) is 0 Å². The van der Waals surface area contributed by atoms with Crippen LogP contribution in [0.25, 0.3) is 0 Å². The van der Waals surface area contributed by atoms with E-state index in [1.165, 1.54) is 0 Å². The van der Waals surface area contributed by atoms with Crippen molar-refractivity contribution in [2.24, 2.45) is 5.73 Å². The lowest BCUT2D eigenvalue weighted by atomic mass is 10.2. The Hall–Kier alpha value is -2.15. The Labute approximate surface area is 124 Å². The van der Waals surface area contributed by atoms with Crippen molar-refractivity contribution >= 4 is 39.3 Å². The lowest BCUT2D eigenvalue weighted by Gasteiger charge is -2.23. The van der Waals surface area contributed by atoms with Gasteiger partial charge in [-0.05, 0) is 47.1 Å². The summed E-state index contributed by atoms with van der Waals surface area (Å²) in [6, 6.07) is 6.95. The zero-order valence-corrected chi connectivity index (χ0v) is 12.5. The van der Waals surface area contributed by atoms with E-state index in [2.05, 4.69) is 25.9 Å². The number of rotatable bonds is 4. The summed E-state index contributed by atoms with van der Waals surface area (Å²) in [5, 5.41) is 0. The fourth-order valence-electron chi connectivity index (χ4n) is 1.85.